The lowest BCUT2D eigenvalue weighted by Crippen LogP contribution is -2.12. The van der Waals surface area contributed by atoms with Crippen molar-refractivity contribution in [3.63, 3.8) is 0 Å². The fourth-order valence-corrected chi connectivity index (χ4v) is 2.97. The van der Waals surface area contributed by atoms with E-state index in [1.165, 1.54) is 10.8 Å². The van der Waals surface area contributed by atoms with Gasteiger partial charge in [-0.15, -0.1) is 0 Å². The summed E-state index contributed by atoms with van der Waals surface area (Å²) in [6, 6.07) is 20.0. The first-order valence-electron chi connectivity index (χ1n) is 6.34. The summed E-state index contributed by atoms with van der Waals surface area (Å²) in [7, 11) is 0. The van der Waals surface area contributed by atoms with Gasteiger partial charge in [-0.05, 0) is 46.2 Å². The predicted octanol–water partition coefficient (Wildman–Crippen LogP) is 5.30. The van der Waals surface area contributed by atoms with E-state index >= 15 is 0 Å². The Morgan fingerprint density at radius 1 is 0.900 bits per heavy atom. The van der Waals surface area contributed by atoms with Gasteiger partial charge >= 0.3 is 0 Å². The molecule has 3 aromatic rings. The minimum absolute atomic E-state index is 0.211. The van der Waals surface area contributed by atoms with Crippen LogP contribution in [0.3, 0.4) is 0 Å². The third-order valence-electron chi connectivity index (χ3n) is 3.43. The van der Waals surface area contributed by atoms with Crippen molar-refractivity contribution in [3.8, 4) is 0 Å². The molecule has 0 aliphatic carbocycles. The third kappa shape index (κ3) is 2.59. The summed E-state index contributed by atoms with van der Waals surface area (Å²) in [6.45, 7) is 0. The van der Waals surface area contributed by atoms with E-state index in [-0.39, 0.29) is 6.04 Å². The Hall–Kier alpha value is -1.35. The maximum Gasteiger partial charge on any atom is 0.0566 e. The van der Waals surface area contributed by atoms with Crippen LogP contribution in [-0.2, 0) is 0 Å². The van der Waals surface area contributed by atoms with Crippen LogP contribution in [0.4, 0.5) is 0 Å². The van der Waals surface area contributed by atoms with Gasteiger partial charge in [-0.2, -0.15) is 0 Å². The minimum Gasteiger partial charge on any atom is -0.320 e. The molecule has 0 saturated heterocycles. The largest absolute Gasteiger partial charge is 0.320 e. The second-order valence-corrected chi connectivity index (χ2v) is 6.07. The van der Waals surface area contributed by atoms with Crippen molar-refractivity contribution in [2.45, 2.75) is 6.04 Å². The van der Waals surface area contributed by atoms with Crippen LogP contribution in [0.5, 0.6) is 0 Å². The van der Waals surface area contributed by atoms with E-state index in [9.17, 15) is 0 Å². The molecule has 0 amide bonds. The van der Waals surface area contributed by atoms with Crippen molar-refractivity contribution in [1.82, 2.24) is 0 Å². The third-order valence-corrected chi connectivity index (χ3v) is 4.26. The van der Waals surface area contributed by atoms with Gasteiger partial charge in [0.05, 0.1) is 6.04 Å². The minimum atomic E-state index is -0.211. The van der Waals surface area contributed by atoms with Crippen molar-refractivity contribution in [2.75, 3.05) is 0 Å². The molecule has 0 bridgehead atoms. The molecule has 0 saturated carbocycles. The molecule has 2 N–H and O–H groups in total. The van der Waals surface area contributed by atoms with E-state index in [0.717, 1.165) is 15.6 Å². The van der Waals surface area contributed by atoms with E-state index in [1.54, 1.807) is 0 Å². The Morgan fingerprint density at radius 2 is 1.60 bits per heavy atom. The van der Waals surface area contributed by atoms with Crippen LogP contribution in [0.2, 0.25) is 5.02 Å². The molecule has 100 valence electrons. The molecule has 0 radical (unpaired) electrons. The van der Waals surface area contributed by atoms with Crippen LogP contribution in [0.25, 0.3) is 10.8 Å². The number of hydrogen-bond acceptors (Lipinski definition) is 1. The van der Waals surface area contributed by atoms with Crippen LogP contribution < -0.4 is 5.73 Å². The van der Waals surface area contributed by atoms with Gasteiger partial charge in [-0.1, -0.05) is 63.9 Å². The van der Waals surface area contributed by atoms with Crippen LogP contribution >= 0.6 is 27.5 Å². The molecule has 0 heterocycles. The first-order valence-corrected chi connectivity index (χ1v) is 7.51. The Balaban J connectivity index is 2.06. The number of fused-ring (bicyclic) bond motifs is 1. The van der Waals surface area contributed by atoms with Crippen LogP contribution in [0.1, 0.15) is 17.2 Å². The van der Waals surface area contributed by atoms with E-state index in [0.29, 0.717) is 5.02 Å². The zero-order valence-electron chi connectivity index (χ0n) is 10.7. The van der Waals surface area contributed by atoms with E-state index in [4.69, 9.17) is 17.3 Å². The van der Waals surface area contributed by atoms with Gasteiger partial charge in [0.2, 0.25) is 0 Å². The highest BCUT2D eigenvalue weighted by atomic mass is 79.9. The molecule has 0 aliphatic rings. The summed E-state index contributed by atoms with van der Waals surface area (Å²) in [4.78, 5) is 0. The summed E-state index contributed by atoms with van der Waals surface area (Å²) in [5.74, 6) is 0. The van der Waals surface area contributed by atoms with Crippen molar-refractivity contribution >= 4 is 38.3 Å². The molecule has 0 aliphatic heterocycles. The molecule has 3 rings (SSSR count). The van der Waals surface area contributed by atoms with Crippen LogP contribution in [0.15, 0.2) is 65.1 Å². The molecule has 0 fully saturated rings. The fraction of sp³-hybridized carbons (Fsp3) is 0.0588. The Bertz CT molecular complexity index is 770. The Labute approximate surface area is 131 Å². The van der Waals surface area contributed by atoms with Gasteiger partial charge in [-0.25, -0.2) is 0 Å². The molecule has 20 heavy (non-hydrogen) atoms. The lowest BCUT2D eigenvalue weighted by Gasteiger charge is -2.15. The van der Waals surface area contributed by atoms with Gasteiger partial charge in [0.1, 0.15) is 0 Å². The number of halogens is 2. The quantitative estimate of drug-likeness (QED) is 0.669. The van der Waals surface area contributed by atoms with Crippen LogP contribution in [0, 0.1) is 0 Å². The maximum absolute atomic E-state index is 6.34. The molecule has 0 aromatic heterocycles. The summed E-state index contributed by atoms with van der Waals surface area (Å²) in [6.07, 6.45) is 0. The lowest BCUT2D eigenvalue weighted by atomic mass is 9.97. The first kappa shape index (κ1) is 13.6. The van der Waals surface area contributed by atoms with Gasteiger partial charge in [0, 0.05) is 9.50 Å². The SMILES string of the molecule is NC(c1ccc2cc(Br)ccc2c1)c1ccccc1Cl. The molecule has 3 heteroatoms. The Morgan fingerprint density at radius 3 is 2.40 bits per heavy atom. The van der Waals surface area contributed by atoms with Gasteiger partial charge in [0.15, 0.2) is 0 Å². The molecule has 1 nitrogen and oxygen atoms in total. The molecule has 0 spiro atoms. The predicted molar refractivity (Wildman–Crippen MR) is 89.1 cm³/mol. The zero-order valence-corrected chi connectivity index (χ0v) is 13.0. The first-order chi connectivity index (χ1) is 9.65. The second-order valence-electron chi connectivity index (χ2n) is 4.75. The summed E-state index contributed by atoms with van der Waals surface area (Å²) < 4.78 is 1.08. The molecule has 1 unspecified atom stereocenters. The highest BCUT2D eigenvalue weighted by Crippen LogP contribution is 2.29. The fourth-order valence-electron chi connectivity index (χ4n) is 2.34. The summed E-state index contributed by atoms with van der Waals surface area (Å²) in [5.41, 5.74) is 8.36. The lowest BCUT2D eigenvalue weighted by molar-refractivity contribution is 0.874. The molecule has 1 atom stereocenters. The average molecular weight is 347 g/mol. The topological polar surface area (TPSA) is 26.0 Å². The number of nitrogens with two attached hydrogens (primary N) is 1. The number of rotatable bonds is 2. The maximum atomic E-state index is 6.34. The standard InChI is InChI=1S/C17H13BrClN/c18-14-8-7-11-9-13(6-5-12(11)10-14)17(20)15-3-1-2-4-16(15)19/h1-10,17H,20H2. The van der Waals surface area contributed by atoms with E-state index < -0.39 is 0 Å². The zero-order chi connectivity index (χ0) is 14.1. The number of benzene rings is 3. The van der Waals surface area contributed by atoms with Crippen molar-refractivity contribution < 1.29 is 0 Å². The average Bonchev–Trinajstić information content (AvgIpc) is 2.46. The van der Waals surface area contributed by atoms with Gasteiger partial charge in [0.25, 0.3) is 0 Å². The molecular formula is C17H13BrClN. The van der Waals surface area contributed by atoms with Gasteiger partial charge < -0.3 is 5.73 Å². The van der Waals surface area contributed by atoms with E-state index in [1.807, 2.05) is 30.3 Å². The number of hydrogen-bond donors (Lipinski definition) is 1. The van der Waals surface area contributed by atoms with Gasteiger partial charge in [-0.3, -0.25) is 0 Å². The smallest absolute Gasteiger partial charge is 0.0566 e. The van der Waals surface area contributed by atoms with Crippen LogP contribution in [-0.4, -0.2) is 0 Å². The molecule has 3 aromatic carbocycles. The normalized spacial score (nSPS) is 12.6. The highest BCUT2D eigenvalue weighted by Gasteiger charge is 2.12. The van der Waals surface area contributed by atoms with Crippen molar-refractivity contribution in [3.05, 3.63) is 81.3 Å². The van der Waals surface area contributed by atoms with Crippen molar-refractivity contribution in [2.24, 2.45) is 5.73 Å². The molecular weight excluding hydrogens is 334 g/mol. The van der Waals surface area contributed by atoms with E-state index in [2.05, 4.69) is 46.3 Å². The summed E-state index contributed by atoms with van der Waals surface area (Å²) in [5, 5.41) is 3.07. The highest BCUT2D eigenvalue weighted by molar-refractivity contribution is 9.10. The van der Waals surface area contributed by atoms with Crippen molar-refractivity contribution in [1.29, 1.82) is 0 Å². The second kappa shape index (κ2) is 5.57. The monoisotopic (exact) mass is 345 g/mol. The summed E-state index contributed by atoms with van der Waals surface area (Å²) >= 11 is 9.71. The Kier molecular flexibility index (Phi) is 3.79.